The molecular weight excluding hydrogens is 440 g/mol. The van der Waals surface area contributed by atoms with E-state index in [0.717, 1.165) is 36.8 Å². The molecule has 0 spiro atoms. The lowest BCUT2D eigenvalue weighted by molar-refractivity contribution is -0.00298. The highest BCUT2D eigenvalue weighted by Crippen LogP contribution is 2.33. The molecule has 4 heteroatoms. The minimum Gasteiger partial charge on any atom is -0.361 e. The monoisotopic (exact) mass is 460 g/mol. The summed E-state index contributed by atoms with van der Waals surface area (Å²) in [7, 11) is 0. The minimum atomic E-state index is 0.0668. The van der Waals surface area contributed by atoms with E-state index in [0.29, 0.717) is 5.71 Å². The summed E-state index contributed by atoms with van der Waals surface area (Å²) in [4.78, 5) is 3.65. The molecular formula is C21H22Br2N2. The molecule has 2 rings (SSSR count). The van der Waals surface area contributed by atoms with Gasteiger partial charge >= 0.3 is 5.71 Å². The van der Waals surface area contributed by atoms with Crippen LogP contribution < -0.4 is 0 Å². The first-order valence-electron chi connectivity index (χ1n) is 8.06. The van der Waals surface area contributed by atoms with Gasteiger partial charge in [0.2, 0.25) is 0 Å². The molecule has 2 nitrogen and oxygen atoms in total. The quantitative estimate of drug-likeness (QED) is 0.272. The Kier molecular flexibility index (Phi) is 5.88. The standard InChI is InChI=1S/C21H22Br2N2/c1-7-14-10-16(22)19(17(23)11-14)20(25-24)18-12(2)8-15(9-13(18)3)21(4,5)6/h7-11H,1H2,2-6H3. The second-order valence-corrected chi connectivity index (χ2v) is 8.96. The van der Waals surface area contributed by atoms with Gasteiger partial charge in [-0.25, -0.2) is 0 Å². The highest BCUT2D eigenvalue weighted by Gasteiger charge is 2.27. The third-order valence-electron chi connectivity index (χ3n) is 4.27. The van der Waals surface area contributed by atoms with Crippen LogP contribution in [0.4, 0.5) is 0 Å². The molecule has 0 bridgehead atoms. The van der Waals surface area contributed by atoms with E-state index in [1.165, 1.54) is 5.56 Å². The molecule has 0 radical (unpaired) electrons. The third kappa shape index (κ3) is 4.03. The van der Waals surface area contributed by atoms with Crippen molar-refractivity contribution in [3.8, 4) is 0 Å². The largest absolute Gasteiger partial charge is 0.361 e. The van der Waals surface area contributed by atoms with E-state index in [9.17, 15) is 5.53 Å². The fourth-order valence-corrected chi connectivity index (χ4v) is 4.53. The average molecular weight is 462 g/mol. The van der Waals surface area contributed by atoms with Gasteiger partial charge in [0, 0.05) is 8.95 Å². The fraction of sp³-hybridized carbons (Fsp3) is 0.286. The normalized spacial score (nSPS) is 11.2. The van der Waals surface area contributed by atoms with Crippen molar-refractivity contribution in [2.45, 2.75) is 40.0 Å². The van der Waals surface area contributed by atoms with E-state index in [1.54, 1.807) is 6.08 Å². The molecule has 0 aliphatic rings. The summed E-state index contributed by atoms with van der Waals surface area (Å²) in [6.45, 7) is 14.5. The predicted molar refractivity (Wildman–Crippen MR) is 113 cm³/mol. The molecule has 0 aliphatic carbocycles. The van der Waals surface area contributed by atoms with Gasteiger partial charge in [0.1, 0.15) is 0 Å². The van der Waals surface area contributed by atoms with E-state index in [2.05, 4.69) is 90.0 Å². The summed E-state index contributed by atoms with van der Waals surface area (Å²) in [5, 5.41) is 0. The smallest absolute Gasteiger partial charge is 0.332 e. The first kappa shape index (κ1) is 19.8. The lowest BCUT2D eigenvalue weighted by Gasteiger charge is -2.21. The molecule has 2 aromatic rings. The maximum Gasteiger partial charge on any atom is 0.332 e. The second kappa shape index (κ2) is 7.41. The van der Waals surface area contributed by atoms with Crippen molar-refractivity contribution in [1.29, 1.82) is 0 Å². The maximum absolute atomic E-state index is 9.81. The van der Waals surface area contributed by atoms with Crippen molar-refractivity contribution in [3.05, 3.63) is 78.7 Å². The summed E-state index contributed by atoms with van der Waals surface area (Å²) < 4.78 is 1.70. The topological polar surface area (TPSA) is 36.4 Å². The van der Waals surface area contributed by atoms with Crippen molar-refractivity contribution in [2.24, 2.45) is 0 Å². The van der Waals surface area contributed by atoms with Crippen LogP contribution >= 0.6 is 31.9 Å². The summed E-state index contributed by atoms with van der Waals surface area (Å²) in [6.07, 6.45) is 1.78. The molecule has 0 unspecified atom stereocenters. The van der Waals surface area contributed by atoms with Crippen molar-refractivity contribution in [2.75, 3.05) is 0 Å². The number of halogens is 2. The minimum absolute atomic E-state index is 0.0668. The predicted octanol–water partition coefficient (Wildman–Crippen LogP) is 6.84. The Bertz CT molecular complexity index is 853. The van der Waals surface area contributed by atoms with Crippen LogP contribution in [0.3, 0.4) is 0 Å². The third-order valence-corrected chi connectivity index (χ3v) is 5.52. The maximum atomic E-state index is 9.81. The van der Waals surface area contributed by atoms with Crippen LogP contribution in [0.1, 0.15) is 54.2 Å². The summed E-state index contributed by atoms with van der Waals surface area (Å²) >= 11 is 7.21. The van der Waals surface area contributed by atoms with E-state index in [-0.39, 0.29) is 5.41 Å². The van der Waals surface area contributed by atoms with E-state index >= 15 is 0 Å². The highest BCUT2D eigenvalue weighted by molar-refractivity contribution is 9.11. The molecule has 25 heavy (non-hydrogen) atoms. The summed E-state index contributed by atoms with van der Waals surface area (Å²) in [5.74, 6) is 0. The number of hydrogen-bond acceptors (Lipinski definition) is 0. The van der Waals surface area contributed by atoms with E-state index in [4.69, 9.17) is 0 Å². The molecule has 0 heterocycles. The van der Waals surface area contributed by atoms with Crippen molar-refractivity contribution in [3.63, 3.8) is 0 Å². The fourth-order valence-electron chi connectivity index (χ4n) is 2.93. The Labute approximate surface area is 166 Å². The van der Waals surface area contributed by atoms with Crippen LogP contribution in [-0.4, -0.2) is 10.5 Å². The molecule has 0 saturated heterocycles. The molecule has 0 atom stereocenters. The number of rotatable bonds is 3. The van der Waals surface area contributed by atoms with Gasteiger partial charge < -0.3 is 5.53 Å². The molecule has 0 amide bonds. The Hall–Kier alpha value is -1.48. The van der Waals surface area contributed by atoms with Gasteiger partial charge in [-0.05, 0) is 85.5 Å². The summed E-state index contributed by atoms with van der Waals surface area (Å²) in [5.41, 5.74) is 16.6. The Balaban J connectivity index is 2.73. The lowest BCUT2D eigenvalue weighted by Crippen LogP contribution is -2.16. The van der Waals surface area contributed by atoms with Crippen molar-refractivity contribution < 1.29 is 4.79 Å². The van der Waals surface area contributed by atoms with Crippen LogP contribution in [0, 0.1) is 13.8 Å². The molecule has 0 aliphatic heterocycles. The first-order valence-corrected chi connectivity index (χ1v) is 9.64. The zero-order valence-electron chi connectivity index (χ0n) is 15.2. The molecule has 0 saturated carbocycles. The SMILES string of the molecule is C=Cc1cc(Br)c(C(=[N+]=[N-])c2c(C)cc(C(C)(C)C)cc2C)c(Br)c1. The van der Waals surface area contributed by atoms with Crippen LogP contribution in [0.5, 0.6) is 0 Å². The van der Waals surface area contributed by atoms with Gasteiger partial charge in [0.05, 0.1) is 11.1 Å². The van der Waals surface area contributed by atoms with Crippen LogP contribution in [0.15, 0.2) is 39.8 Å². The van der Waals surface area contributed by atoms with Gasteiger partial charge in [-0.3, -0.25) is 0 Å². The van der Waals surface area contributed by atoms with E-state index in [1.807, 2.05) is 12.1 Å². The Morgan fingerprint density at radius 3 is 1.84 bits per heavy atom. The molecule has 0 N–H and O–H groups in total. The van der Waals surface area contributed by atoms with Crippen LogP contribution in [0.2, 0.25) is 0 Å². The lowest BCUT2D eigenvalue weighted by atomic mass is 9.82. The zero-order chi connectivity index (χ0) is 18.9. The van der Waals surface area contributed by atoms with Gasteiger partial charge in [-0.15, -0.1) is 0 Å². The van der Waals surface area contributed by atoms with Crippen LogP contribution in [-0.2, 0) is 5.41 Å². The average Bonchev–Trinajstić information content (AvgIpc) is 2.50. The van der Waals surface area contributed by atoms with Gasteiger partial charge in [-0.2, -0.15) is 4.79 Å². The number of benzene rings is 2. The Morgan fingerprint density at radius 1 is 1.00 bits per heavy atom. The number of aryl methyl sites for hydroxylation is 2. The van der Waals surface area contributed by atoms with E-state index < -0.39 is 0 Å². The molecule has 130 valence electrons. The van der Waals surface area contributed by atoms with Gasteiger partial charge in [0.15, 0.2) is 0 Å². The summed E-state index contributed by atoms with van der Waals surface area (Å²) in [6, 6.07) is 8.28. The number of hydrogen-bond donors (Lipinski definition) is 0. The molecule has 2 aromatic carbocycles. The molecule has 0 fully saturated rings. The van der Waals surface area contributed by atoms with Crippen molar-refractivity contribution in [1.82, 2.24) is 0 Å². The van der Waals surface area contributed by atoms with Gasteiger partial charge in [-0.1, -0.05) is 45.6 Å². The van der Waals surface area contributed by atoms with Crippen LogP contribution in [0.25, 0.3) is 11.6 Å². The van der Waals surface area contributed by atoms with Gasteiger partial charge in [0.25, 0.3) is 0 Å². The van der Waals surface area contributed by atoms with Crippen molar-refractivity contribution >= 4 is 43.6 Å². The molecule has 0 aromatic heterocycles. The first-order chi connectivity index (χ1) is 11.6. The number of nitrogens with zero attached hydrogens (tertiary/aromatic N) is 2. The second-order valence-electron chi connectivity index (χ2n) is 7.25. The highest BCUT2D eigenvalue weighted by atomic mass is 79.9. The zero-order valence-corrected chi connectivity index (χ0v) is 18.4. The Morgan fingerprint density at radius 2 is 1.48 bits per heavy atom.